The second-order valence-corrected chi connectivity index (χ2v) is 16.0. The fourth-order valence-corrected chi connectivity index (χ4v) is 9.16. The van der Waals surface area contributed by atoms with Gasteiger partial charge in [0, 0.05) is 16.5 Å². The summed E-state index contributed by atoms with van der Waals surface area (Å²) in [6.07, 6.45) is 4.99. The van der Waals surface area contributed by atoms with Crippen LogP contribution in [0.1, 0.15) is 119 Å². The highest BCUT2D eigenvalue weighted by molar-refractivity contribution is 6.05. The van der Waals surface area contributed by atoms with E-state index in [2.05, 4.69) is 146 Å². The zero-order valence-corrected chi connectivity index (χ0v) is 29.1. The van der Waals surface area contributed by atoms with Crippen LogP contribution in [0.15, 0.2) is 84.9 Å². The molecule has 3 aliphatic rings. The number of hydrogen-bond acceptors (Lipinski definition) is 1. The summed E-state index contributed by atoms with van der Waals surface area (Å²) >= 11 is 0. The van der Waals surface area contributed by atoms with Crippen LogP contribution in [-0.4, -0.2) is 0 Å². The van der Waals surface area contributed by atoms with Gasteiger partial charge in [0.25, 0.3) is 0 Å². The Morgan fingerprint density at radius 3 is 2.07 bits per heavy atom. The highest BCUT2D eigenvalue weighted by Gasteiger charge is 2.46. The molecule has 1 heteroatoms. The molecule has 0 spiro atoms. The van der Waals surface area contributed by atoms with Crippen molar-refractivity contribution in [2.75, 3.05) is 5.32 Å². The van der Waals surface area contributed by atoms with E-state index in [9.17, 15) is 0 Å². The number of benzene rings is 5. The van der Waals surface area contributed by atoms with Gasteiger partial charge in [-0.1, -0.05) is 114 Å². The zero-order valence-electron chi connectivity index (χ0n) is 29.1. The molecule has 5 aromatic rings. The minimum atomic E-state index is -0.0939. The third kappa shape index (κ3) is 4.20. The van der Waals surface area contributed by atoms with E-state index in [1.54, 1.807) is 0 Å². The molecule has 0 aromatic heterocycles. The third-order valence-corrected chi connectivity index (χ3v) is 12.2. The minimum Gasteiger partial charge on any atom is -0.376 e. The molecule has 1 saturated carbocycles. The fourth-order valence-electron chi connectivity index (χ4n) is 9.16. The number of nitrogens with one attached hydrogen (secondary N) is 1. The Labute approximate surface area is 276 Å². The van der Waals surface area contributed by atoms with Crippen molar-refractivity contribution in [1.29, 1.82) is 0 Å². The van der Waals surface area contributed by atoms with Gasteiger partial charge >= 0.3 is 0 Å². The average Bonchev–Trinajstić information content (AvgIpc) is 3.85. The second kappa shape index (κ2) is 10.1. The summed E-state index contributed by atoms with van der Waals surface area (Å²) in [6, 6.07) is 33.3. The molecule has 2 unspecified atom stereocenters. The van der Waals surface area contributed by atoms with Crippen LogP contribution in [0.4, 0.5) is 5.69 Å². The first-order valence-electron chi connectivity index (χ1n) is 17.7. The number of rotatable bonds is 7. The molecule has 0 saturated heterocycles. The van der Waals surface area contributed by atoms with Gasteiger partial charge in [-0.05, 0) is 136 Å². The van der Waals surface area contributed by atoms with Crippen molar-refractivity contribution >= 4 is 16.5 Å². The number of hydrogen-bond donors (Lipinski definition) is 1. The van der Waals surface area contributed by atoms with Gasteiger partial charge in [-0.25, -0.2) is 0 Å². The second-order valence-electron chi connectivity index (χ2n) is 16.0. The molecular formula is C45H49N. The van der Waals surface area contributed by atoms with Crippen LogP contribution in [0.3, 0.4) is 0 Å². The van der Waals surface area contributed by atoms with E-state index in [4.69, 9.17) is 0 Å². The number of fused-ring (bicyclic) bond motifs is 8. The number of anilines is 1. The van der Waals surface area contributed by atoms with E-state index >= 15 is 0 Å². The SMILES string of the molecule is CCCC(C)c1cc2c(c3ccccc13)-c1cc3c(cc1C2(C)C)-c1ccc(C(C)(Nc2ccc(C)cc2)C2CC2)cc1C3(C)C. The molecule has 234 valence electrons. The monoisotopic (exact) mass is 603 g/mol. The van der Waals surface area contributed by atoms with Crippen molar-refractivity contribution in [2.24, 2.45) is 5.92 Å². The Kier molecular flexibility index (Phi) is 6.48. The van der Waals surface area contributed by atoms with Crippen molar-refractivity contribution in [1.82, 2.24) is 0 Å². The van der Waals surface area contributed by atoms with Gasteiger partial charge in [-0.3, -0.25) is 0 Å². The molecule has 0 amide bonds. The average molecular weight is 604 g/mol. The van der Waals surface area contributed by atoms with E-state index in [1.165, 1.54) is 103 Å². The lowest BCUT2D eigenvalue weighted by Crippen LogP contribution is -2.34. The predicted molar refractivity (Wildman–Crippen MR) is 197 cm³/mol. The van der Waals surface area contributed by atoms with Crippen LogP contribution in [0, 0.1) is 12.8 Å². The summed E-state index contributed by atoms with van der Waals surface area (Å²) in [4.78, 5) is 0. The number of aryl methyl sites for hydroxylation is 1. The fraction of sp³-hybridized carbons (Fsp3) is 0.378. The lowest BCUT2D eigenvalue weighted by atomic mass is 9.78. The minimum absolute atomic E-state index is 0.0558. The molecule has 0 bridgehead atoms. The Balaban J connectivity index is 1.27. The molecule has 1 fully saturated rings. The molecule has 1 nitrogen and oxygen atoms in total. The first kappa shape index (κ1) is 29.6. The van der Waals surface area contributed by atoms with Gasteiger partial charge in [0.1, 0.15) is 0 Å². The molecule has 5 aromatic carbocycles. The molecule has 1 N–H and O–H groups in total. The van der Waals surface area contributed by atoms with Gasteiger partial charge in [0.15, 0.2) is 0 Å². The van der Waals surface area contributed by atoms with E-state index in [0.29, 0.717) is 11.8 Å². The molecule has 0 radical (unpaired) electrons. The maximum absolute atomic E-state index is 4.00. The normalized spacial score (nSPS) is 18.8. The first-order chi connectivity index (χ1) is 21.9. The maximum Gasteiger partial charge on any atom is 0.0625 e. The van der Waals surface area contributed by atoms with Crippen LogP contribution < -0.4 is 5.32 Å². The molecule has 2 atom stereocenters. The summed E-state index contributed by atoms with van der Waals surface area (Å²) in [6.45, 7) is 19.1. The first-order valence-corrected chi connectivity index (χ1v) is 17.7. The highest BCUT2D eigenvalue weighted by Crippen LogP contribution is 2.59. The summed E-state index contributed by atoms with van der Waals surface area (Å²) < 4.78 is 0. The van der Waals surface area contributed by atoms with Gasteiger partial charge < -0.3 is 5.32 Å². The van der Waals surface area contributed by atoms with E-state index in [-0.39, 0.29) is 16.4 Å². The Hall–Kier alpha value is -3.84. The Morgan fingerprint density at radius 2 is 1.37 bits per heavy atom. The lowest BCUT2D eigenvalue weighted by Gasteiger charge is -2.34. The predicted octanol–water partition coefficient (Wildman–Crippen LogP) is 12.4. The van der Waals surface area contributed by atoms with E-state index in [1.807, 2.05) is 0 Å². The highest BCUT2D eigenvalue weighted by atomic mass is 15.0. The molecule has 3 aliphatic carbocycles. The van der Waals surface area contributed by atoms with Crippen LogP contribution in [0.5, 0.6) is 0 Å². The van der Waals surface area contributed by atoms with Crippen LogP contribution in [-0.2, 0) is 16.4 Å². The summed E-state index contributed by atoms with van der Waals surface area (Å²) in [5.74, 6) is 1.20. The van der Waals surface area contributed by atoms with Gasteiger partial charge in [-0.2, -0.15) is 0 Å². The topological polar surface area (TPSA) is 12.0 Å². The summed E-state index contributed by atoms with van der Waals surface area (Å²) in [5.41, 5.74) is 16.8. The summed E-state index contributed by atoms with van der Waals surface area (Å²) in [5, 5.41) is 6.84. The molecule has 8 rings (SSSR count). The van der Waals surface area contributed by atoms with Crippen molar-refractivity contribution < 1.29 is 0 Å². The molecular weight excluding hydrogens is 555 g/mol. The van der Waals surface area contributed by atoms with Gasteiger partial charge in [0.05, 0.1) is 5.54 Å². The maximum atomic E-state index is 4.00. The van der Waals surface area contributed by atoms with Crippen molar-refractivity contribution in [3.8, 4) is 22.3 Å². The quantitative estimate of drug-likeness (QED) is 0.195. The molecule has 0 aliphatic heterocycles. The molecule has 0 heterocycles. The van der Waals surface area contributed by atoms with Crippen LogP contribution in [0.25, 0.3) is 33.0 Å². The lowest BCUT2D eigenvalue weighted by molar-refractivity contribution is 0.469. The van der Waals surface area contributed by atoms with E-state index in [0.717, 1.165) is 0 Å². The van der Waals surface area contributed by atoms with Crippen molar-refractivity contribution in [2.45, 2.75) is 103 Å². The largest absolute Gasteiger partial charge is 0.376 e. The van der Waals surface area contributed by atoms with Crippen molar-refractivity contribution in [3.63, 3.8) is 0 Å². The zero-order chi connectivity index (χ0) is 32.2. The smallest absolute Gasteiger partial charge is 0.0625 e. The van der Waals surface area contributed by atoms with E-state index < -0.39 is 0 Å². The standard InChI is InChI=1S/C45H49N/c1-9-12-28(3)35-24-41-42(34-14-11-10-13-32(34)35)37-26-39-36(25-40(37)44(41,6)7)33-22-19-30(23-38(33)43(39,4)5)45(8,29-17-18-29)46-31-20-15-27(2)16-21-31/h10-11,13-16,19-26,28-29,46H,9,12,17-18H2,1-8H3. The molecule has 46 heavy (non-hydrogen) atoms. The van der Waals surface area contributed by atoms with Gasteiger partial charge in [-0.15, -0.1) is 0 Å². The van der Waals surface area contributed by atoms with Crippen LogP contribution >= 0.6 is 0 Å². The van der Waals surface area contributed by atoms with Gasteiger partial charge in [0.2, 0.25) is 0 Å². The Morgan fingerprint density at radius 1 is 0.739 bits per heavy atom. The van der Waals surface area contributed by atoms with Crippen LogP contribution in [0.2, 0.25) is 0 Å². The Bertz CT molecular complexity index is 2020. The third-order valence-electron chi connectivity index (χ3n) is 12.2. The summed E-state index contributed by atoms with van der Waals surface area (Å²) in [7, 11) is 0. The van der Waals surface area contributed by atoms with Crippen molar-refractivity contribution in [3.05, 3.63) is 124 Å².